The first kappa shape index (κ1) is 26.6. The quantitative estimate of drug-likeness (QED) is 0.352. The predicted octanol–water partition coefficient (Wildman–Crippen LogP) is 0.530. The van der Waals surface area contributed by atoms with Crippen molar-refractivity contribution in [1.82, 2.24) is 15.8 Å². The summed E-state index contributed by atoms with van der Waals surface area (Å²) in [6, 6.07) is -0.382. The molecule has 0 radical (unpaired) electrons. The zero-order chi connectivity index (χ0) is 24.6. The summed E-state index contributed by atoms with van der Waals surface area (Å²) < 4.78 is 20.3. The first-order valence-corrected chi connectivity index (χ1v) is 10.8. The van der Waals surface area contributed by atoms with E-state index in [1.165, 1.54) is 26.5 Å². The lowest BCUT2D eigenvalue weighted by atomic mass is 9.92. The molecule has 2 amide bonds. The molecule has 184 valence electrons. The van der Waals surface area contributed by atoms with Crippen LogP contribution in [-0.2, 0) is 28.6 Å². The maximum Gasteiger partial charge on any atom is 0.290 e. The van der Waals surface area contributed by atoms with Crippen LogP contribution in [0, 0.1) is 11.8 Å². The van der Waals surface area contributed by atoms with E-state index < -0.39 is 41.2 Å². The van der Waals surface area contributed by atoms with Crippen LogP contribution in [0.15, 0.2) is 16.8 Å². The lowest BCUT2D eigenvalue weighted by Crippen LogP contribution is -2.50. The smallest absolute Gasteiger partial charge is 0.290 e. The topological polar surface area (TPSA) is 149 Å². The molecule has 0 bridgehead atoms. The molecule has 0 aromatic carbocycles. The summed E-state index contributed by atoms with van der Waals surface area (Å²) in [6.45, 7) is 5.78. The van der Waals surface area contributed by atoms with E-state index in [9.17, 15) is 19.2 Å². The van der Waals surface area contributed by atoms with Gasteiger partial charge < -0.3 is 29.4 Å². The van der Waals surface area contributed by atoms with Gasteiger partial charge in [0, 0.05) is 26.7 Å². The fourth-order valence-corrected chi connectivity index (χ4v) is 3.37. The molecule has 0 aliphatic carbocycles. The number of ketones is 2. The monoisotopic (exact) mass is 467 g/mol. The van der Waals surface area contributed by atoms with E-state index in [0.717, 1.165) is 0 Å². The normalized spacial score (nSPS) is 20.1. The van der Waals surface area contributed by atoms with Crippen molar-refractivity contribution in [1.29, 1.82) is 0 Å². The third-order valence-electron chi connectivity index (χ3n) is 5.31. The molecule has 2 N–H and O–H groups in total. The molecule has 2 heterocycles. The van der Waals surface area contributed by atoms with Gasteiger partial charge in [0.05, 0.1) is 38.0 Å². The van der Waals surface area contributed by atoms with E-state index in [-0.39, 0.29) is 37.1 Å². The number of carbonyl (C=O) groups is 4. The van der Waals surface area contributed by atoms with E-state index in [1.54, 1.807) is 6.92 Å². The Hall–Kier alpha value is -2.63. The number of epoxide rings is 1. The van der Waals surface area contributed by atoms with Gasteiger partial charge in [0.1, 0.15) is 11.6 Å². The summed E-state index contributed by atoms with van der Waals surface area (Å²) in [5.41, 5.74) is -0.881. The van der Waals surface area contributed by atoms with Crippen molar-refractivity contribution in [2.45, 2.75) is 51.3 Å². The second-order valence-electron chi connectivity index (χ2n) is 8.76. The number of aromatic nitrogens is 1. The lowest BCUT2D eigenvalue weighted by molar-refractivity contribution is -0.135. The van der Waals surface area contributed by atoms with Gasteiger partial charge in [-0.1, -0.05) is 19.0 Å². The van der Waals surface area contributed by atoms with Crippen LogP contribution in [0.2, 0.25) is 0 Å². The average Bonchev–Trinajstić information content (AvgIpc) is 3.27. The number of hydrogen-bond acceptors (Lipinski definition) is 9. The second-order valence-corrected chi connectivity index (χ2v) is 8.76. The van der Waals surface area contributed by atoms with Crippen LogP contribution in [0.3, 0.4) is 0 Å². The Kier molecular flexibility index (Phi) is 9.69. The van der Waals surface area contributed by atoms with E-state index in [1.807, 2.05) is 13.8 Å². The van der Waals surface area contributed by atoms with Crippen LogP contribution in [0.25, 0.3) is 0 Å². The van der Waals surface area contributed by atoms with Gasteiger partial charge in [-0.25, -0.2) is 0 Å². The molecule has 1 fully saturated rings. The van der Waals surface area contributed by atoms with Crippen LogP contribution in [0.5, 0.6) is 0 Å². The number of Topliss-reactive ketones (excluding diaryl/α,β-unsaturated/α-hetero) is 2. The molecule has 0 spiro atoms. The molecule has 1 aromatic heterocycles. The highest BCUT2D eigenvalue weighted by atomic mass is 16.6. The average molecular weight is 468 g/mol. The molecule has 11 heteroatoms. The van der Waals surface area contributed by atoms with Crippen LogP contribution < -0.4 is 10.6 Å². The largest absolute Gasteiger partial charge is 0.384 e. The Labute approximate surface area is 192 Å². The van der Waals surface area contributed by atoms with Crippen LogP contribution in [-0.4, -0.2) is 80.3 Å². The maximum absolute atomic E-state index is 13.0. The van der Waals surface area contributed by atoms with E-state index in [4.69, 9.17) is 18.7 Å². The number of methoxy groups -OCH3 is 2. The van der Waals surface area contributed by atoms with Gasteiger partial charge in [0.15, 0.2) is 11.6 Å². The fourth-order valence-electron chi connectivity index (χ4n) is 3.37. The van der Waals surface area contributed by atoms with Crippen molar-refractivity contribution in [2.24, 2.45) is 11.8 Å². The van der Waals surface area contributed by atoms with Crippen molar-refractivity contribution < 1.29 is 37.9 Å². The molecule has 11 nitrogen and oxygen atoms in total. The second kappa shape index (κ2) is 12.0. The summed E-state index contributed by atoms with van der Waals surface area (Å²) >= 11 is 0. The summed E-state index contributed by atoms with van der Waals surface area (Å²) in [4.78, 5) is 51.0. The van der Waals surface area contributed by atoms with Gasteiger partial charge in [-0.05, 0) is 19.3 Å². The van der Waals surface area contributed by atoms with Crippen molar-refractivity contribution in [3.63, 3.8) is 0 Å². The van der Waals surface area contributed by atoms with Gasteiger partial charge >= 0.3 is 0 Å². The van der Waals surface area contributed by atoms with E-state index >= 15 is 0 Å². The Bertz CT molecular complexity index is 820. The Morgan fingerprint density at radius 2 is 1.79 bits per heavy atom. The molecular weight excluding hydrogens is 434 g/mol. The van der Waals surface area contributed by atoms with Gasteiger partial charge in [-0.3, -0.25) is 19.2 Å². The number of hydrogen-bond donors (Lipinski definition) is 2. The highest BCUT2D eigenvalue weighted by molar-refractivity contribution is 5.99. The highest BCUT2D eigenvalue weighted by Crippen LogP contribution is 2.29. The standard InChI is InChI=1S/C22H33N3O8/c1-13(2)8-15(19(27)22(3)12-32-22)24-20(28)14(10-30-4)9-17(26)16(11-31-5)25-21(29)18-6-7-23-33-18/h6-7,13-16H,8-12H2,1-5H3,(H,24,28)(H,25,29)/t14-,15-,16-,22+/m0/s1. The Balaban J connectivity index is 2.07. The summed E-state index contributed by atoms with van der Waals surface area (Å²) in [5, 5.41) is 8.77. The van der Waals surface area contributed by atoms with Crippen LogP contribution in [0.1, 0.15) is 44.2 Å². The molecule has 0 saturated carbocycles. The number of rotatable bonds is 15. The zero-order valence-electron chi connectivity index (χ0n) is 19.7. The number of carbonyl (C=O) groups excluding carboxylic acids is 4. The molecule has 0 unspecified atom stereocenters. The number of ether oxygens (including phenoxy) is 3. The summed E-state index contributed by atoms with van der Waals surface area (Å²) in [5.74, 6) is -2.49. The lowest BCUT2D eigenvalue weighted by Gasteiger charge is -2.25. The molecule has 4 atom stereocenters. The SMILES string of the molecule is COC[C@H](CC(=O)[C@H](COC)NC(=O)c1ccno1)C(=O)N[C@@H](CC(C)C)C(=O)[C@@]1(C)CO1. The summed E-state index contributed by atoms with van der Waals surface area (Å²) in [6.07, 6.45) is 1.53. The first-order valence-electron chi connectivity index (χ1n) is 10.8. The molecule has 2 rings (SSSR count). The predicted molar refractivity (Wildman–Crippen MR) is 115 cm³/mol. The zero-order valence-corrected chi connectivity index (χ0v) is 19.7. The van der Waals surface area contributed by atoms with Crippen LogP contribution in [0.4, 0.5) is 0 Å². The molecule has 33 heavy (non-hydrogen) atoms. The fraction of sp³-hybridized carbons (Fsp3) is 0.682. The van der Waals surface area contributed by atoms with Gasteiger partial charge in [-0.2, -0.15) is 0 Å². The first-order chi connectivity index (χ1) is 15.6. The number of nitrogens with zero attached hydrogens (tertiary/aromatic N) is 1. The minimum Gasteiger partial charge on any atom is -0.384 e. The minimum absolute atomic E-state index is 0.0380. The third kappa shape index (κ3) is 7.72. The van der Waals surface area contributed by atoms with Crippen molar-refractivity contribution in [2.75, 3.05) is 34.0 Å². The summed E-state index contributed by atoms with van der Waals surface area (Å²) in [7, 11) is 2.81. The molecular formula is C22H33N3O8. The van der Waals surface area contributed by atoms with Crippen molar-refractivity contribution in [3.8, 4) is 0 Å². The van der Waals surface area contributed by atoms with Crippen molar-refractivity contribution in [3.05, 3.63) is 18.0 Å². The molecule has 1 aliphatic rings. The minimum atomic E-state index is -1.01. The molecule has 1 aromatic rings. The van der Waals surface area contributed by atoms with Crippen LogP contribution >= 0.6 is 0 Å². The van der Waals surface area contributed by atoms with E-state index in [2.05, 4.69) is 15.8 Å². The maximum atomic E-state index is 13.0. The third-order valence-corrected chi connectivity index (χ3v) is 5.31. The van der Waals surface area contributed by atoms with Crippen molar-refractivity contribution >= 4 is 23.4 Å². The van der Waals surface area contributed by atoms with E-state index in [0.29, 0.717) is 13.0 Å². The van der Waals surface area contributed by atoms with Gasteiger partial charge in [0.25, 0.3) is 5.91 Å². The number of amides is 2. The molecule has 1 saturated heterocycles. The van der Waals surface area contributed by atoms with Gasteiger partial charge in [-0.15, -0.1) is 0 Å². The Morgan fingerprint density at radius 1 is 1.12 bits per heavy atom. The highest BCUT2D eigenvalue weighted by Gasteiger charge is 2.50. The number of nitrogens with one attached hydrogen (secondary N) is 2. The molecule has 1 aliphatic heterocycles. The van der Waals surface area contributed by atoms with Gasteiger partial charge in [0.2, 0.25) is 11.7 Å². The Morgan fingerprint density at radius 3 is 2.30 bits per heavy atom.